The highest BCUT2D eigenvalue weighted by molar-refractivity contribution is 5.87. The number of carbonyl (C=O) groups excluding carboxylic acids is 1. The highest BCUT2D eigenvalue weighted by Crippen LogP contribution is 2.27. The van der Waals surface area contributed by atoms with Gasteiger partial charge in [-0.2, -0.15) is 0 Å². The lowest BCUT2D eigenvalue weighted by atomic mass is 9.88. The normalized spacial score (nSPS) is 32.9. The largest absolute Gasteiger partial charge is 0.465 e. The first-order valence-corrected chi connectivity index (χ1v) is 9.66. The second-order valence-corrected chi connectivity index (χ2v) is 7.59. The maximum Gasteiger partial charge on any atom is 0.407 e. The van der Waals surface area contributed by atoms with E-state index in [4.69, 9.17) is 14.6 Å². The number of hydrogen-bond acceptors (Lipinski definition) is 4. The molecule has 2 aliphatic rings. The molecule has 0 aromatic carbocycles. The molecule has 0 aliphatic carbocycles. The molecule has 1 unspecified atom stereocenters. The number of ether oxygens (including phenoxy) is 2. The molecule has 27 heavy (non-hydrogen) atoms. The fraction of sp³-hybridized carbons (Fsp3) is 0.700. The molecule has 0 saturated carbocycles. The Morgan fingerprint density at radius 1 is 1.41 bits per heavy atom. The highest BCUT2D eigenvalue weighted by Gasteiger charge is 2.33. The van der Waals surface area contributed by atoms with Gasteiger partial charge in [0, 0.05) is 12.5 Å². The van der Waals surface area contributed by atoms with E-state index in [2.05, 4.69) is 18.8 Å². The van der Waals surface area contributed by atoms with Gasteiger partial charge in [-0.15, -0.1) is 6.58 Å². The number of nitrogens with one attached hydrogen (secondary N) is 1. The van der Waals surface area contributed by atoms with Gasteiger partial charge < -0.3 is 24.8 Å². The lowest BCUT2D eigenvalue weighted by Gasteiger charge is -2.39. The molecule has 6 atom stereocenters. The van der Waals surface area contributed by atoms with Crippen LogP contribution in [-0.2, 0) is 14.3 Å². The van der Waals surface area contributed by atoms with E-state index in [0.29, 0.717) is 25.6 Å². The zero-order chi connectivity index (χ0) is 20.0. The first-order chi connectivity index (χ1) is 12.8. The molecule has 152 valence electrons. The van der Waals surface area contributed by atoms with Crippen LogP contribution in [0.1, 0.15) is 33.6 Å². The third-order valence-electron chi connectivity index (χ3n) is 5.44. The van der Waals surface area contributed by atoms with Crippen LogP contribution in [0, 0.1) is 11.8 Å². The average Bonchev–Trinajstić information content (AvgIpc) is 2.64. The molecule has 0 bridgehead atoms. The van der Waals surface area contributed by atoms with Gasteiger partial charge in [-0.25, -0.2) is 4.79 Å². The van der Waals surface area contributed by atoms with Crippen LogP contribution in [0.4, 0.5) is 4.79 Å². The molecule has 2 saturated heterocycles. The summed E-state index contributed by atoms with van der Waals surface area (Å²) in [6.07, 6.45) is 5.78. The zero-order valence-electron chi connectivity index (χ0n) is 16.5. The minimum atomic E-state index is -0.938. The summed E-state index contributed by atoms with van der Waals surface area (Å²) in [6, 6.07) is -0.0260. The van der Waals surface area contributed by atoms with Crippen molar-refractivity contribution in [2.45, 2.75) is 58.0 Å². The summed E-state index contributed by atoms with van der Waals surface area (Å²) in [5.74, 6) is 0.126. The Morgan fingerprint density at radius 2 is 2.15 bits per heavy atom. The van der Waals surface area contributed by atoms with Crippen molar-refractivity contribution in [3.8, 4) is 0 Å². The van der Waals surface area contributed by atoms with Crippen molar-refractivity contribution in [3.63, 3.8) is 0 Å². The minimum absolute atomic E-state index is 0.0260. The van der Waals surface area contributed by atoms with Crippen LogP contribution < -0.4 is 5.32 Å². The van der Waals surface area contributed by atoms with E-state index in [9.17, 15) is 9.59 Å². The van der Waals surface area contributed by atoms with Crippen molar-refractivity contribution in [1.29, 1.82) is 0 Å². The molecule has 7 heteroatoms. The van der Waals surface area contributed by atoms with Gasteiger partial charge in [0.25, 0.3) is 0 Å². The van der Waals surface area contributed by atoms with Gasteiger partial charge in [0.1, 0.15) is 0 Å². The summed E-state index contributed by atoms with van der Waals surface area (Å²) in [7, 11) is 0. The van der Waals surface area contributed by atoms with Crippen molar-refractivity contribution in [2.75, 3.05) is 19.7 Å². The van der Waals surface area contributed by atoms with Crippen LogP contribution in [0.2, 0.25) is 0 Å². The Hall–Kier alpha value is -1.86. The van der Waals surface area contributed by atoms with Gasteiger partial charge in [0.05, 0.1) is 37.5 Å². The van der Waals surface area contributed by atoms with Crippen LogP contribution >= 0.6 is 0 Å². The van der Waals surface area contributed by atoms with E-state index in [-0.39, 0.29) is 36.2 Å². The molecular formula is C20H32N2O5. The Balaban J connectivity index is 1.84. The Labute approximate surface area is 161 Å². The van der Waals surface area contributed by atoms with Crippen molar-refractivity contribution >= 4 is 12.0 Å². The van der Waals surface area contributed by atoms with Crippen molar-refractivity contribution in [3.05, 3.63) is 24.8 Å². The molecule has 0 radical (unpaired) electrons. The van der Waals surface area contributed by atoms with Crippen molar-refractivity contribution in [1.82, 2.24) is 10.2 Å². The third-order valence-corrected chi connectivity index (χ3v) is 5.44. The maximum absolute atomic E-state index is 12.3. The number of amides is 2. The Bertz CT molecular complexity index is 565. The molecule has 2 N–H and O–H groups in total. The maximum atomic E-state index is 12.3. The summed E-state index contributed by atoms with van der Waals surface area (Å²) < 4.78 is 11.7. The summed E-state index contributed by atoms with van der Waals surface area (Å²) in [5.41, 5.74) is 0. The molecule has 2 aliphatic heterocycles. The van der Waals surface area contributed by atoms with E-state index in [1.165, 1.54) is 11.0 Å². The van der Waals surface area contributed by atoms with Gasteiger partial charge in [-0.05, 0) is 31.8 Å². The second-order valence-electron chi connectivity index (χ2n) is 7.59. The summed E-state index contributed by atoms with van der Waals surface area (Å²) >= 11 is 0. The summed E-state index contributed by atoms with van der Waals surface area (Å²) in [6.45, 7) is 10.9. The van der Waals surface area contributed by atoms with E-state index >= 15 is 0 Å². The number of hydrogen-bond donors (Lipinski definition) is 2. The van der Waals surface area contributed by atoms with Crippen LogP contribution in [-0.4, -0.2) is 66.1 Å². The number of morpholine rings is 1. The SMILES string of the molecule is C=CC[C@@H]1O[C@H](C)[C@H](NC(=O)/C=C/C(C)[C@H]2CN(C(=O)O)CCO2)C[C@@H]1C. The lowest BCUT2D eigenvalue weighted by molar-refractivity contribution is -0.123. The predicted octanol–water partition coefficient (Wildman–Crippen LogP) is 2.43. The van der Waals surface area contributed by atoms with E-state index in [1.807, 2.05) is 19.9 Å². The third kappa shape index (κ3) is 6.07. The number of nitrogens with zero attached hydrogens (tertiary/aromatic N) is 1. The first kappa shape index (κ1) is 21.4. The lowest BCUT2D eigenvalue weighted by Crippen LogP contribution is -2.50. The predicted molar refractivity (Wildman–Crippen MR) is 103 cm³/mol. The molecule has 2 fully saturated rings. The standard InChI is InChI=1S/C20H32N2O5/c1-5-6-17-14(3)11-16(15(4)27-17)21-19(23)8-7-13(2)18-12-22(20(24)25)9-10-26-18/h5,7-8,13-18H,1,6,9-12H2,2-4H3,(H,21,23)(H,24,25)/b8-7+/t13?,14-,15+,16+,17-,18+/m0/s1. The van der Waals surface area contributed by atoms with Crippen LogP contribution in [0.25, 0.3) is 0 Å². The summed E-state index contributed by atoms with van der Waals surface area (Å²) in [5, 5.41) is 12.1. The van der Waals surface area contributed by atoms with Gasteiger partial charge in [-0.1, -0.05) is 26.0 Å². The van der Waals surface area contributed by atoms with Gasteiger partial charge >= 0.3 is 6.09 Å². The van der Waals surface area contributed by atoms with Crippen LogP contribution in [0.15, 0.2) is 24.8 Å². The Kier molecular flexibility index (Phi) is 7.86. The number of rotatable bonds is 6. The molecular weight excluding hydrogens is 348 g/mol. The average molecular weight is 380 g/mol. The molecule has 2 amide bonds. The van der Waals surface area contributed by atoms with Crippen molar-refractivity contribution in [2.24, 2.45) is 11.8 Å². The number of carboxylic acid groups (broad SMARTS) is 1. The molecule has 2 rings (SSSR count). The molecule has 7 nitrogen and oxygen atoms in total. The second kappa shape index (κ2) is 9.90. The van der Waals surface area contributed by atoms with E-state index < -0.39 is 6.09 Å². The number of carbonyl (C=O) groups is 2. The monoisotopic (exact) mass is 380 g/mol. The topological polar surface area (TPSA) is 88.1 Å². The fourth-order valence-corrected chi connectivity index (χ4v) is 3.64. The zero-order valence-corrected chi connectivity index (χ0v) is 16.5. The van der Waals surface area contributed by atoms with Crippen molar-refractivity contribution < 1.29 is 24.2 Å². The minimum Gasteiger partial charge on any atom is -0.465 e. The van der Waals surface area contributed by atoms with E-state index in [1.54, 1.807) is 6.08 Å². The molecule has 2 heterocycles. The molecule has 0 spiro atoms. The van der Waals surface area contributed by atoms with Crippen LogP contribution in [0.3, 0.4) is 0 Å². The first-order valence-electron chi connectivity index (χ1n) is 9.66. The van der Waals surface area contributed by atoms with Gasteiger partial charge in [0.2, 0.25) is 5.91 Å². The smallest absolute Gasteiger partial charge is 0.407 e. The molecule has 0 aromatic heterocycles. The quantitative estimate of drug-likeness (QED) is 0.546. The van der Waals surface area contributed by atoms with E-state index in [0.717, 1.165) is 12.8 Å². The fourth-order valence-electron chi connectivity index (χ4n) is 3.64. The molecule has 0 aromatic rings. The van der Waals surface area contributed by atoms with Crippen LogP contribution in [0.5, 0.6) is 0 Å². The Morgan fingerprint density at radius 3 is 2.81 bits per heavy atom. The highest BCUT2D eigenvalue weighted by atomic mass is 16.5. The van der Waals surface area contributed by atoms with Gasteiger partial charge in [0.15, 0.2) is 0 Å². The van der Waals surface area contributed by atoms with Gasteiger partial charge in [-0.3, -0.25) is 4.79 Å². The summed E-state index contributed by atoms with van der Waals surface area (Å²) in [4.78, 5) is 24.8.